The van der Waals surface area contributed by atoms with Crippen molar-refractivity contribution in [2.75, 3.05) is 6.79 Å². The normalized spacial score (nSPS) is 18.1. The van der Waals surface area contributed by atoms with Gasteiger partial charge in [-0.1, -0.05) is 30.3 Å². The van der Waals surface area contributed by atoms with E-state index in [2.05, 4.69) is 0 Å². The topological polar surface area (TPSA) is 79.5 Å². The third-order valence-electron chi connectivity index (χ3n) is 6.54. The van der Waals surface area contributed by atoms with Gasteiger partial charge in [0.15, 0.2) is 17.3 Å². The summed E-state index contributed by atoms with van der Waals surface area (Å²) in [6.45, 7) is 0.134. The van der Waals surface area contributed by atoms with Gasteiger partial charge in [-0.3, -0.25) is 18.7 Å². The Labute approximate surface area is 176 Å². The monoisotopic (exact) mass is 414 g/mol. The van der Waals surface area contributed by atoms with Gasteiger partial charge in [0.1, 0.15) is 0 Å². The van der Waals surface area contributed by atoms with E-state index < -0.39 is 5.92 Å². The number of fused-ring (bicyclic) bond motifs is 4. The van der Waals surface area contributed by atoms with E-state index in [0.717, 1.165) is 21.3 Å². The number of ketones is 1. The van der Waals surface area contributed by atoms with Crippen LogP contribution in [-0.4, -0.2) is 21.7 Å². The zero-order valence-corrected chi connectivity index (χ0v) is 17.0. The van der Waals surface area contributed by atoms with Crippen molar-refractivity contribution >= 4 is 11.4 Å². The van der Waals surface area contributed by atoms with Crippen molar-refractivity contribution in [2.24, 2.45) is 14.1 Å². The summed E-state index contributed by atoms with van der Waals surface area (Å²) in [6.07, 6.45) is 0.357. The van der Waals surface area contributed by atoms with Crippen molar-refractivity contribution in [1.82, 2.24) is 9.13 Å². The fourth-order valence-corrected chi connectivity index (χ4v) is 5.02. The van der Waals surface area contributed by atoms with E-state index in [0.29, 0.717) is 40.3 Å². The number of Topliss-reactive ketones (excluding diaryl/α,β-unsaturated/α-hetero) is 1. The molecule has 2 heterocycles. The molecule has 0 saturated heterocycles. The highest BCUT2D eigenvalue weighted by atomic mass is 16.7. The van der Waals surface area contributed by atoms with Gasteiger partial charge in [0, 0.05) is 48.8 Å². The molecule has 7 heteroatoms. The number of carbonyl (C=O) groups is 1. The second kappa shape index (κ2) is 6.07. The summed E-state index contributed by atoms with van der Waals surface area (Å²) < 4.78 is 13.6. The molecule has 31 heavy (non-hydrogen) atoms. The molecule has 0 spiro atoms. The van der Waals surface area contributed by atoms with E-state index in [1.807, 2.05) is 36.4 Å². The number of nitrogens with zero attached hydrogens (tertiary/aromatic N) is 2. The second-order valence-electron chi connectivity index (χ2n) is 8.06. The van der Waals surface area contributed by atoms with Crippen molar-refractivity contribution in [3.8, 4) is 11.5 Å². The quantitative estimate of drug-likeness (QED) is 0.610. The van der Waals surface area contributed by atoms with Gasteiger partial charge >= 0.3 is 5.69 Å². The fourth-order valence-electron chi connectivity index (χ4n) is 5.02. The van der Waals surface area contributed by atoms with E-state index in [1.54, 1.807) is 13.1 Å². The third kappa shape index (κ3) is 2.26. The summed E-state index contributed by atoms with van der Waals surface area (Å²) in [5, 5.41) is 0. The molecule has 1 atom stereocenters. The van der Waals surface area contributed by atoms with Crippen LogP contribution in [0.2, 0.25) is 0 Å². The molecule has 0 fully saturated rings. The molecule has 1 aliphatic heterocycles. The second-order valence-corrected chi connectivity index (χ2v) is 8.06. The van der Waals surface area contributed by atoms with Gasteiger partial charge in [0.2, 0.25) is 6.79 Å². The Balaban J connectivity index is 1.70. The molecule has 154 valence electrons. The Bertz CT molecular complexity index is 1470. The predicted octanol–water partition coefficient (Wildman–Crippen LogP) is 2.15. The van der Waals surface area contributed by atoms with Crippen molar-refractivity contribution in [2.45, 2.75) is 12.3 Å². The third-order valence-corrected chi connectivity index (χ3v) is 6.54. The minimum atomic E-state index is -0.598. The summed E-state index contributed by atoms with van der Waals surface area (Å²) in [5.74, 6) is 0.535. The van der Waals surface area contributed by atoms with Crippen LogP contribution < -0.4 is 20.7 Å². The zero-order valence-electron chi connectivity index (χ0n) is 17.0. The van der Waals surface area contributed by atoms with E-state index >= 15 is 0 Å². The number of allylic oxidation sites excluding steroid dienone is 2. The van der Waals surface area contributed by atoms with Crippen molar-refractivity contribution in [3.63, 3.8) is 0 Å². The summed E-state index contributed by atoms with van der Waals surface area (Å²) in [4.78, 5) is 39.5. The van der Waals surface area contributed by atoms with Crippen LogP contribution in [0.25, 0.3) is 5.57 Å². The number of hydrogen-bond donors (Lipinski definition) is 0. The molecule has 7 nitrogen and oxygen atoms in total. The summed E-state index contributed by atoms with van der Waals surface area (Å²) >= 11 is 0. The number of benzene rings is 2. The van der Waals surface area contributed by atoms with Crippen LogP contribution in [0.1, 0.15) is 38.7 Å². The van der Waals surface area contributed by atoms with E-state index in [9.17, 15) is 14.4 Å². The summed E-state index contributed by atoms with van der Waals surface area (Å²) in [6, 6.07) is 13.0. The highest BCUT2D eigenvalue weighted by Gasteiger charge is 2.42. The van der Waals surface area contributed by atoms with Gasteiger partial charge in [-0.2, -0.15) is 0 Å². The molecule has 3 aliphatic rings. The van der Waals surface area contributed by atoms with Crippen molar-refractivity contribution < 1.29 is 14.3 Å². The maximum atomic E-state index is 13.5. The number of rotatable bonds is 1. The Hall–Kier alpha value is -3.87. The average molecular weight is 414 g/mol. The van der Waals surface area contributed by atoms with Crippen LogP contribution in [0.15, 0.2) is 57.6 Å². The fraction of sp³-hybridized carbons (Fsp3) is 0.208. The number of carbonyl (C=O) groups excluding carboxylic acids is 1. The van der Waals surface area contributed by atoms with Crippen LogP contribution in [0.5, 0.6) is 11.5 Å². The number of hydrogen-bond acceptors (Lipinski definition) is 5. The lowest BCUT2D eigenvalue weighted by atomic mass is 9.76. The minimum Gasteiger partial charge on any atom is -0.454 e. The van der Waals surface area contributed by atoms with E-state index in [1.165, 1.54) is 11.6 Å². The zero-order chi connectivity index (χ0) is 21.4. The first-order chi connectivity index (χ1) is 15.0. The van der Waals surface area contributed by atoms with E-state index in [-0.39, 0.29) is 23.8 Å². The first kappa shape index (κ1) is 17.9. The first-order valence-corrected chi connectivity index (χ1v) is 10.0. The molecule has 1 unspecified atom stereocenters. The van der Waals surface area contributed by atoms with Crippen LogP contribution in [-0.2, 0) is 20.5 Å². The molecule has 6 rings (SSSR count). The standard InChI is InChI=1S/C24H18N2O5/c1-25-16-10-15-13-5-3-4-6-14(13)22(27)20(15)19(21(16)23(28)26(2)24(25)29)12-7-8-17-18(9-12)31-11-30-17/h3-9,19H,10-11H2,1-2H3. The summed E-state index contributed by atoms with van der Waals surface area (Å²) in [7, 11) is 3.14. The number of aromatic nitrogens is 2. The van der Waals surface area contributed by atoms with Crippen LogP contribution in [0, 0.1) is 0 Å². The lowest BCUT2D eigenvalue weighted by Crippen LogP contribution is -2.43. The van der Waals surface area contributed by atoms with Crippen molar-refractivity contribution in [1.29, 1.82) is 0 Å². The maximum Gasteiger partial charge on any atom is 0.330 e. The molecule has 0 radical (unpaired) electrons. The Morgan fingerprint density at radius 1 is 0.903 bits per heavy atom. The van der Waals surface area contributed by atoms with Crippen molar-refractivity contribution in [3.05, 3.63) is 96.8 Å². The molecular weight excluding hydrogens is 396 g/mol. The van der Waals surface area contributed by atoms with Gasteiger partial charge in [0.25, 0.3) is 5.56 Å². The highest BCUT2D eigenvalue weighted by Crippen LogP contribution is 2.49. The Morgan fingerprint density at radius 2 is 1.65 bits per heavy atom. The molecule has 1 aromatic heterocycles. The van der Waals surface area contributed by atoms with Gasteiger partial charge in [-0.15, -0.1) is 0 Å². The molecule has 0 N–H and O–H groups in total. The Kier molecular flexibility index (Phi) is 3.51. The lowest BCUT2D eigenvalue weighted by Gasteiger charge is -2.29. The molecule has 2 aliphatic carbocycles. The molecular formula is C24H18N2O5. The van der Waals surface area contributed by atoms with Gasteiger partial charge in [-0.05, 0) is 28.8 Å². The van der Waals surface area contributed by atoms with Gasteiger partial charge in [0.05, 0.1) is 0 Å². The van der Waals surface area contributed by atoms with Crippen LogP contribution in [0.4, 0.5) is 0 Å². The van der Waals surface area contributed by atoms with E-state index in [4.69, 9.17) is 9.47 Å². The smallest absolute Gasteiger partial charge is 0.330 e. The average Bonchev–Trinajstić information content (AvgIpc) is 3.37. The molecule has 0 saturated carbocycles. The minimum absolute atomic E-state index is 0.0742. The maximum absolute atomic E-state index is 13.5. The molecule has 0 amide bonds. The highest BCUT2D eigenvalue weighted by molar-refractivity contribution is 6.22. The van der Waals surface area contributed by atoms with Gasteiger partial charge < -0.3 is 9.47 Å². The molecule has 3 aromatic rings. The van der Waals surface area contributed by atoms with Gasteiger partial charge in [-0.25, -0.2) is 4.79 Å². The lowest BCUT2D eigenvalue weighted by molar-refractivity contribution is 0.103. The first-order valence-electron chi connectivity index (χ1n) is 10.0. The van der Waals surface area contributed by atoms with Crippen LogP contribution in [0.3, 0.4) is 0 Å². The summed E-state index contributed by atoms with van der Waals surface area (Å²) in [5.41, 5.74) is 4.07. The predicted molar refractivity (Wildman–Crippen MR) is 113 cm³/mol. The largest absolute Gasteiger partial charge is 0.454 e. The SMILES string of the molecule is Cn1c2c(c(=O)n(C)c1=O)C(c1ccc3c(c1)OCO3)C1=C(C2)c2ccccc2C1=O. The molecule has 0 bridgehead atoms. The van der Waals surface area contributed by atoms with Crippen LogP contribution >= 0.6 is 0 Å². The Morgan fingerprint density at radius 3 is 2.45 bits per heavy atom. The number of ether oxygens (including phenoxy) is 2. The molecule has 2 aromatic carbocycles.